The van der Waals surface area contributed by atoms with Crippen molar-refractivity contribution in [3.63, 3.8) is 0 Å². The summed E-state index contributed by atoms with van der Waals surface area (Å²) >= 11 is 0. The molecule has 0 unspecified atom stereocenters. The minimum absolute atomic E-state index is 0.106. The van der Waals surface area contributed by atoms with Gasteiger partial charge in [0.1, 0.15) is 45.1 Å². The number of rotatable bonds is 7. The van der Waals surface area contributed by atoms with Gasteiger partial charge in [-0.1, -0.05) is 30.3 Å². The second-order valence-corrected chi connectivity index (χ2v) is 7.45. The van der Waals surface area contributed by atoms with E-state index in [9.17, 15) is 4.79 Å². The average Bonchev–Trinajstić information content (AvgIpc) is 2.67. The third kappa shape index (κ3) is 6.08. The quantitative estimate of drug-likeness (QED) is 0.649. The second-order valence-electron chi connectivity index (χ2n) is 7.45. The van der Waals surface area contributed by atoms with Crippen molar-refractivity contribution >= 4 is 11.6 Å². The monoisotopic (exact) mass is 369 g/mol. The Morgan fingerprint density at radius 2 is 1.70 bits per heavy atom. The van der Waals surface area contributed by atoms with Crippen LogP contribution in [0, 0.1) is 13.8 Å². The molecule has 5 heteroatoms. The molecule has 0 radical (unpaired) electrons. The fourth-order valence-electron chi connectivity index (χ4n) is 3.51. The number of quaternary nitrogens is 2. The van der Waals surface area contributed by atoms with Gasteiger partial charge in [-0.15, -0.1) is 0 Å². The number of carbonyl (C=O) groups excluding carboxylic acids is 1. The van der Waals surface area contributed by atoms with E-state index in [-0.39, 0.29) is 5.91 Å². The van der Waals surface area contributed by atoms with Gasteiger partial charge in [0.2, 0.25) is 0 Å². The highest BCUT2D eigenvalue weighted by molar-refractivity contribution is 5.92. The molecule has 1 heterocycles. The van der Waals surface area contributed by atoms with E-state index in [0.29, 0.717) is 6.54 Å². The number of hydrogen-bond donors (Lipinski definition) is 3. The maximum atomic E-state index is 12.4. The van der Waals surface area contributed by atoms with Gasteiger partial charge in [-0.3, -0.25) is 4.79 Å². The molecule has 144 valence electrons. The predicted octanol–water partition coefficient (Wildman–Crippen LogP) is 0.104. The largest absolute Gasteiger partial charge is 0.488 e. The Bertz CT molecular complexity index is 740. The Balaban J connectivity index is 1.36. The summed E-state index contributed by atoms with van der Waals surface area (Å²) in [5.41, 5.74) is 3.21. The van der Waals surface area contributed by atoms with E-state index < -0.39 is 0 Å². The topological polar surface area (TPSA) is 47.2 Å². The van der Waals surface area contributed by atoms with Gasteiger partial charge in [0.25, 0.3) is 5.91 Å². The first-order valence-corrected chi connectivity index (χ1v) is 9.82. The molecule has 1 aliphatic heterocycles. The molecule has 1 amide bonds. The number of hydrogen-bond acceptors (Lipinski definition) is 2. The zero-order valence-corrected chi connectivity index (χ0v) is 16.4. The molecule has 0 saturated carbocycles. The van der Waals surface area contributed by atoms with Crippen LogP contribution in [0.15, 0.2) is 48.5 Å². The van der Waals surface area contributed by atoms with Crippen LogP contribution in [0.4, 0.5) is 5.69 Å². The first-order valence-electron chi connectivity index (χ1n) is 9.82. The lowest BCUT2D eigenvalue weighted by atomic mass is 10.1. The van der Waals surface area contributed by atoms with Gasteiger partial charge in [0, 0.05) is 5.69 Å². The van der Waals surface area contributed by atoms with Crippen molar-refractivity contribution in [1.82, 2.24) is 0 Å². The molecule has 3 rings (SSSR count). The highest BCUT2D eigenvalue weighted by Gasteiger charge is 2.24. The summed E-state index contributed by atoms with van der Waals surface area (Å²) in [4.78, 5) is 15.3. The van der Waals surface area contributed by atoms with Gasteiger partial charge in [0.15, 0.2) is 6.54 Å². The lowest BCUT2D eigenvalue weighted by molar-refractivity contribution is -1.01. The van der Waals surface area contributed by atoms with E-state index in [1.54, 1.807) is 4.90 Å². The van der Waals surface area contributed by atoms with Crippen molar-refractivity contribution in [2.45, 2.75) is 13.8 Å². The van der Waals surface area contributed by atoms with E-state index in [1.165, 1.54) is 4.90 Å². The van der Waals surface area contributed by atoms with Crippen molar-refractivity contribution in [2.24, 2.45) is 0 Å². The fraction of sp³-hybridized carbons (Fsp3) is 0.409. The molecule has 27 heavy (non-hydrogen) atoms. The molecule has 0 aliphatic carbocycles. The van der Waals surface area contributed by atoms with Crippen LogP contribution in [0.5, 0.6) is 5.75 Å². The highest BCUT2D eigenvalue weighted by Crippen LogP contribution is 2.15. The van der Waals surface area contributed by atoms with Crippen LogP contribution in [-0.2, 0) is 4.79 Å². The van der Waals surface area contributed by atoms with Crippen LogP contribution in [-0.4, -0.2) is 51.8 Å². The van der Waals surface area contributed by atoms with Gasteiger partial charge in [-0.05, 0) is 43.2 Å². The van der Waals surface area contributed by atoms with Crippen LogP contribution in [0.3, 0.4) is 0 Å². The number of ether oxygens (including phenoxy) is 1. The number of anilines is 1. The second kappa shape index (κ2) is 9.53. The van der Waals surface area contributed by atoms with Crippen molar-refractivity contribution in [2.75, 3.05) is 51.2 Å². The molecular formula is C22H31N3O2+2. The number of benzene rings is 2. The normalized spacial score (nSPS) is 19.5. The molecule has 0 aromatic heterocycles. The fourth-order valence-corrected chi connectivity index (χ4v) is 3.51. The number of para-hydroxylation sites is 1. The van der Waals surface area contributed by atoms with Crippen molar-refractivity contribution in [3.05, 3.63) is 59.7 Å². The Morgan fingerprint density at radius 3 is 2.44 bits per heavy atom. The Labute approximate surface area is 161 Å². The summed E-state index contributed by atoms with van der Waals surface area (Å²) < 4.78 is 5.80. The Kier molecular flexibility index (Phi) is 6.85. The smallest absolute Gasteiger partial charge is 0.279 e. The number of carbonyl (C=O) groups is 1. The van der Waals surface area contributed by atoms with Crippen LogP contribution in [0.2, 0.25) is 0 Å². The standard InChI is InChI=1S/C22H29N3O2/c1-18-8-9-19(2)21(16-18)23-22(26)17-25-12-10-24(11-13-25)14-15-27-20-6-4-3-5-7-20/h3-9,16H,10-15,17H2,1-2H3,(H,23,26)/p+2. The van der Waals surface area contributed by atoms with Gasteiger partial charge in [-0.25, -0.2) is 0 Å². The summed E-state index contributed by atoms with van der Waals surface area (Å²) in [7, 11) is 0. The minimum atomic E-state index is 0.106. The van der Waals surface area contributed by atoms with E-state index >= 15 is 0 Å². The summed E-state index contributed by atoms with van der Waals surface area (Å²) in [5, 5.41) is 3.08. The number of amides is 1. The third-order valence-electron chi connectivity index (χ3n) is 5.21. The summed E-state index contributed by atoms with van der Waals surface area (Å²) in [6.45, 7) is 10.6. The summed E-state index contributed by atoms with van der Waals surface area (Å²) in [6, 6.07) is 16.1. The van der Waals surface area contributed by atoms with E-state index in [4.69, 9.17) is 4.74 Å². The molecule has 2 aromatic rings. The lowest BCUT2D eigenvalue weighted by Crippen LogP contribution is -3.28. The van der Waals surface area contributed by atoms with Crippen molar-refractivity contribution in [1.29, 1.82) is 0 Å². The zero-order chi connectivity index (χ0) is 19.1. The lowest BCUT2D eigenvalue weighted by Gasteiger charge is -2.29. The molecule has 0 atom stereocenters. The highest BCUT2D eigenvalue weighted by atomic mass is 16.5. The summed E-state index contributed by atoms with van der Waals surface area (Å²) in [5.74, 6) is 1.04. The summed E-state index contributed by atoms with van der Waals surface area (Å²) in [6.07, 6.45) is 0. The molecule has 0 spiro atoms. The first kappa shape index (κ1) is 19.4. The maximum absolute atomic E-state index is 12.4. The molecule has 1 aliphatic rings. The first-order chi connectivity index (χ1) is 13.1. The zero-order valence-electron chi connectivity index (χ0n) is 16.4. The minimum Gasteiger partial charge on any atom is -0.488 e. The van der Waals surface area contributed by atoms with E-state index in [2.05, 4.69) is 17.4 Å². The van der Waals surface area contributed by atoms with E-state index in [0.717, 1.165) is 61.9 Å². The molecule has 5 nitrogen and oxygen atoms in total. The molecule has 3 N–H and O–H groups in total. The number of aryl methyl sites for hydroxylation is 2. The number of piperazine rings is 1. The van der Waals surface area contributed by atoms with Gasteiger partial charge in [-0.2, -0.15) is 0 Å². The Morgan fingerprint density at radius 1 is 1.00 bits per heavy atom. The van der Waals surface area contributed by atoms with Crippen LogP contribution < -0.4 is 19.9 Å². The average molecular weight is 370 g/mol. The number of nitrogens with one attached hydrogen (secondary N) is 3. The van der Waals surface area contributed by atoms with Crippen molar-refractivity contribution < 1.29 is 19.3 Å². The van der Waals surface area contributed by atoms with Crippen LogP contribution >= 0.6 is 0 Å². The van der Waals surface area contributed by atoms with Crippen LogP contribution in [0.1, 0.15) is 11.1 Å². The van der Waals surface area contributed by atoms with Gasteiger partial charge < -0.3 is 19.9 Å². The third-order valence-corrected chi connectivity index (χ3v) is 5.21. The maximum Gasteiger partial charge on any atom is 0.279 e. The molecule has 2 aromatic carbocycles. The van der Waals surface area contributed by atoms with Gasteiger partial charge >= 0.3 is 0 Å². The van der Waals surface area contributed by atoms with Crippen molar-refractivity contribution in [3.8, 4) is 5.75 Å². The molecular weight excluding hydrogens is 338 g/mol. The molecule has 1 fully saturated rings. The van der Waals surface area contributed by atoms with E-state index in [1.807, 2.05) is 50.2 Å². The van der Waals surface area contributed by atoms with Crippen LogP contribution in [0.25, 0.3) is 0 Å². The predicted molar refractivity (Wildman–Crippen MR) is 108 cm³/mol. The molecule has 1 saturated heterocycles. The Hall–Kier alpha value is -2.37. The molecule has 0 bridgehead atoms. The SMILES string of the molecule is Cc1ccc(C)c(NC(=O)C[NH+]2CC[NH+](CCOc3ccccc3)CC2)c1. The van der Waals surface area contributed by atoms with Gasteiger partial charge in [0.05, 0.1) is 0 Å².